The Morgan fingerprint density at radius 1 is 1.30 bits per heavy atom. The van der Waals surface area contributed by atoms with Gasteiger partial charge >= 0.3 is 5.69 Å². The normalized spacial score (nSPS) is 12.6. The molecule has 6 nitrogen and oxygen atoms in total. The Labute approximate surface area is 119 Å². The molecule has 0 aliphatic rings. The lowest BCUT2D eigenvalue weighted by Crippen LogP contribution is -2.39. The van der Waals surface area contributed by atoms with Crippen molar-refractivity contribution in [3.63, 3.8) is 0 Å². The molecule has 1 atom stereocenters. The van der Waals surface area contributed by atoms with E-state index >= 15 is 0 Å². The van der Waals surface area contributed by atoms with Crippen molar-refractivity contribution < 1.29 is 5.11 Å². The van der Waals surface area contributed by atoms with E-state index in [-0.39, 0.29) is 17.9 Å². The Morgan fingerprint density at radius 2 is 2.00 bits per heavy atom. The first-order valence-corrected chi connectivity index (χ1v) is 7.08. The maximum absolute atomic E-state index is 11.9. The van der Waals surface area contributed by atoms with Crippen molar-refractivity contribution in [2.75, 3.05) is 13.2 Å². The number of nitrogens with one attached hydrogen (secondary N) is 1. The van der Waals surface area contributed by atoms with E-state index in [1.54, 1.807) is 13.2 Å². The van der Waals surface area contributed by atoms with E-state index in [1.807, 2.05) is 0 Å². The van der Waals surface area contributed by atoms with Crippen molar-refractivity contribution in [1.29, 1.82) is 0 Å². The van der Waals surface area contributed by atoms with Gasteiger partial charge in [0, 0.05) is 39.0 Å². The predicted molar refractivity (Wildman–Crippen MR) is 78.7 cm³/mol. The van der Waals surface area contributed by atoms with Crippen LogP contribution in [0.1, 0.15) is 31.7 Å². The van der Waals surface area contributed by atoms with Crippen LogP contribution in [0.3, 0.4) is 0 Å². The Balaban J connectivity index is 2.66. The largest absolute Gasteiger partial charge is 0.396 e. The zero-order valence-electron chi connectivity index (χ0n) is 12.6. The SMILES string of the molecule is CCCC(CCO)CNCc1cn(C)c(=O)n(C)c1=O. The molecule has 0 aliphatic carbocycles. The number of aliphatic hydroxyl groups excluding tert-OH is 1. The lowest BCUT2D eigenvalue weighted by Gasteiger charge is -2.15. The molecule has 1 aromatic rings. The molecule has 1 aromatic heterocycles. The number of aliphatic hydroxyl groups is 1. The Hall–Kier alpha value is -1.40. The Bertz CT molecular complexity index is 527. The molecule has 0 fully saturated rings. The molecule has 0 saturated heterocycles. The average molecular weight is 283 g/mol. The van der Waals surface area contributed by atoms with E-state index in [4.69, 9.17) is 5.11 Å². The number of hydrogen-bond donors (Lipinski definition) is 2. The van der Waals surface area contributed by atoms with Crippen LogP contribution < -0.4 is 16.6 Å². The molecular formula is C14H25N3O3. The maximum atomic E-state index is 11.9. The summed E-state index contributed by atoms with van der Waals surface area (Å²) in [7, 11) is 3.12. The van der Waals surface area contributed by atoms with Crippen molar-refractivity contribution >= 4 is 0 Å². The first-order chi connectivity index (χ1) is 9.51. The first-order valence-electron chi connectivity index (χ1n) is 7.08. The summed E-state index contributed by atoms with van der Waals surface area (Å²) in [6.45, 7) is 3.51. The third kappa shape index (κ3) is 4.31. The molecule has 0 radical (unpaired) electrons. The minimum atomic E-state index is -0.317. The number of aryl methyl sites for hydroxylation is 1. The van der Waals surface area contributed by atoms with Crippen LogP contribution in [0, 0.1) is 5.92 Å². The molecule has 0 aromatic carbocycles. The van der Waals surface area contributed by atoms with Crippen LogP contribution in [0.15, 0.2) is 15.8 Å². The molecule has 1 unspecified atom stereocenters. The summed E-state index contributed by atoms with van der Waals surface area (Å²) in [4.78, 5) is 23.5. The molecule has 1 rings (SSSR count). The van der Waals surface area contributed by atoms with Gasteiger partial charge in [-0.3, -0.25) is 9.36 Å². The number of hydrogen-bond acceptors (Lipinski definition) is 4. The topological polar surface area (TPSA) is 76.3 Å². The average Bonchev–Trinajstić information content (AvgIpc) is 2.42. The zero-order chi connectivity index (χ0) is 15.1. The molecule has 0 aliphatic heterocycles. The van der Waals surface area contributed by atoms with Crippen LogP contribution in [0.2, 0.25) is 0 Å². The van der Waals surface area contributed by atoms with Crippen molar-refractivity contribution in [3.05, 3.63) is 32.6 Å². The lowest BCUT2D eigenvalue weighted by molar-refractivity contribution is 0.248. The second-order valence-electron chi connectivity index (χ2n) is 5.21. The molecular weight excluding hydrogens is 258 g/mol. The van der Waals surface area contributed by atoms with Gasteiger partial charge in [-0.25, -0.2) is 4.79 Å². The van der Waals surface area contributed by atoms with E-state index in [0.29, 0.717) is 18.0 Å². The van der Waals surface area contributed by atoms with Gasteiger partial charge in [0.2, 0.25) is 0 Å². The van der Waals surface area contributed by atoms with Gasteiger partial charge in [0.1, 0.15) is 0 Å². The molecule has 114 valence electrons. The third-order valence-electron chi connectivity index (χ3n) is 3.50. The molecule has 0 bridgehead atoms. The molecule has 0 saturated carbocycles. The number of rotatable bonds is 8. The minimum Gasteiger partial charge on any atom is -0.396 e. The van der Waals surface area contributed by atoms with E-state index in [0.717, 1.165) is 30.4 Å². The van der Waals surface area contributed by atoms with Crippen LogP contribution in [0.25, 0.3) is 0 Å². The minimum absolute atomic E-state index is 0.188. The smallest absolute Gasteiger partial charge is 0.330 e. The second kappa shape index (κ2) is 8.01. The summed E-state index contributed by atoms with van der Waals surface area (Å²) >= 11 is 0. The summed E-state index contributed by atoms with van der Waals surface area (Å²) < 4.78 is 2.53. The maximum Gasteiger partial charge on any atom is 0.330 e. The fourth-order valence-electron chi connectivity index (χ4n) is 2.35. The second-order valence-corrected chi connectivity index (χ2v) is 5.21. The molecule has 0 amide bonds. The zero-order valence-corrected chi connectivity index (χ0v) is 12.6. The van der Waals surface area contributed by atoms with Crippen molar-refractivity contribution in [1.82, 2.24) is 14.5 Å². The summed E-state index contributed by atoms with van der Waals surface area (Å²) in [5.41, 5.74) is 0.00605. The van der Waals surface area contributed by atoms with Crippen LogP contribution in [-0.4, -0.2) is 27.4 Å². The highest BCUT2D eigenvalue weighted by Gasteiger charge is 2.09. The van der Waals surface area contributed by atoms with Gasteiger partial charge in [0.25, 0.3) is 5.56 Å². The Kier molecular flexibility index (Phi) is 6.67. The van der Waals surface area contributed by atoms with Gasteiger partial charge in [-0.15, -0.1) is 0 Å². The summed E-state index contributed by atoms with van der Waals surface area (Å²) in [5.74, 6) is 0.418. The molecule has 6 heteroatoms. The Morgan fingerprint density at radius 3 is 2.60 bits per heavy atom. The molecule has 20 heavy (non-hydrogen) atoms. The quantitative estimate of drug-likeness (QED) is 0.702. The highest BCUT2D eigenvalue weighted by Crippen LogP contribution is 2.09. The molecule has 2 N–H and O–H groups in total. The first kappa shape index (κ1) is 16.7. The standard InChI is InChI=1S/C14H25N3O3/c1-4-5-11(6-7-18)8-15-9-12-10-16(2)14(20)17(3)13(12)19/h10-11,15,18H,4-9H2,1-3H3. The van der Waals surface area contributed by atoms with Gasteiger partial charge in [0.05, 0.1) is 0 Å². The highest BCUT2D eigenvalue weighted by molar-refractivity contribution is 5.05. The summed E-state index contributed by atoms with van der Waals surface area (Å²) in [6.07, 6.45) is 4.48. The van der Waals surface area contributed by atoms with Crippen molar-refractivity contribution in [2.24, 2.45) is 20.0 Å². The van der Waals surface area contributed by atoms with Gasteiger partial charge in [-0.1, -0.05) is 13.3 Å². The summed E-state index contributed by atoms with van der Waals surface area (Å²) in [5, 5.41) is 12.3. The molecule has 1 heterocycles. The van der Waals surface area contributed by atoms with Crippen LogP contribution >= 0.6 is 0 Å². The number of aromatic nitrogens is 2. The van der Waals surface area contributed by atoms with Crippen LogP contribution in [-0.2, 0) is 20.6 Å². The lowest BCUT2D eigenvalue weighted by atomic mass is 10.0. The fraction of sp³-hybridized carbons (Fsp3) is 0.714. The van der Waals surface area contributed by atoms with Crippen molar-refractivity contribution in [3.8, 4) is 0 Å². The molecule has 0 spiro atoms. The van der Waals surface area contributed by atoms with E-state index in [9.17, 15) is 9.59 Å². The summed E-state index contributed by atoms with van der Waals surface area (Å²) in [6, 6.07) is 0. The van der Waals surface area contributed by atoms with Gasteiger partial charge in [0.15, 0.2) is 0 Å². The van der Waals surface area contributed by atoms with E-state index < -0.39 is 0 Å². The van der Waals surface area contributed by atoms with Crippen LogP contribution in [0.4, 0.5) is 0 Å². The number of nitrogens with zero attached hydrogens (tertiary/aromatic N) is 2. The van der Waals surface area contributed by atoms with Gasteiger partial charge < -0.3 is 15.0 Å². The monoisotopic (exact) mass is 283 g/mol. The predicted octanol–water partition coefficient (Wildman–Crippen LogP) is -0.0277. The van der Waals surface area contributed by atoms with Gasteiger partial charge in [-0.2, -0.15) is 0 Å². The third-order valence-corrected chi connectivity index (χ3v) is 3.50. The van der Waals surface area contributed by atoms with Crippen molar-refractivity contribution in [2.45, 2.75) is 32.7 Å². The van der Waals surface area contributed by atoms with Gasteiger partial charge in [-0.05, 0) is 25.3 Å². The highest BCUT2D eigenvalue weighted by atomic mass is 16.3. The van der Waals surface area contributed by atoms with E-state index in [1.165, 1.54) is 11.6 Å². The fourth-order valence-corrected chi connectivity index (χ4v) is 2.35. The van der Waals surface area contributed by atoms with E-state index in [2.05, 4.69) is 12.2 Å². The van der Waals surface area contributed by atoms with Crippen LogP contribution in [0.5, 0.6) is 0 Å².